The van der Waals surface area contributed by atoms with E-state index in [0.717, 1.165) is 16.5 Å². The molecule has 0 fully saturated rings. The van der Waals surface area contributed by atoms with E-state index in [1.54, 1.807) is 0 Å². The zero-order valence-electron chi connectivity index (χ0n) is 11.3. The van der Waals surface area contributed by atoms with Crippen LogP contribution in [-0.4, -0.2) is 0 Å². The van der Waals surface area contributed by atoms with Crippen molar-refractivity contribution in [3.8, 4) is 0 Å². The summed E-state index contributed by atoms with van der Waals surface area (Å²) in [7, 11) is 0. The Bertz CT molecular complexity index is 847. The van der Waals surface area contributed by atoms with Crippen molar-refractivity contribution in [2.24, 2.45) is 5.11 Å². The average molecular weight is 273 g/mol. The van der Waals surface area contributed by atoms with Gasteiger partial charge >= 0.3 is 10.9 Å². The van der Waals surface area contributed by atoms with E-state index in [1.807, 2.05) is 83.6 Å². The normalized spacial score (nSPS) is 10.7. The molecule has 0 saturated heterocycles. The van der Waals surface area contributed by atoms with Gasteiger partial charge in [-0.3, -0.25) is 0 Å². The summed E-state index contributed by atoms with van der Waals surface area (Å²) in [6, 6.07) is 21.8. The molecule has 0 amide bonds. The minimum atomic E-state index is 0.559. The molecule has 21 heavy (non-hydrogen) atoms. The smallest absolute Gasteiger partial charge is 0.189 e. The first kappa shape index (κ1) is 12.9. The molecule has 0 atom stereocenters. The van der Waals surface area contributed by atoms with E-state index in [2.05, 4.69) is 10.0 Å². The van der Waals surface area contributed by atoms with Gasteiger partial charge in [-0.25, -0.2) is 0 Å². The van der Waals surface area contributed by atoms with Crippen molar-refractivity contribution in [2.75, 3.05) is 0 Å². The van der Waals surface area contributed by atoms with Gasteiger partial charge in [0.25, 0.3) is 0 Å². The number of azide groups is 1. The van der Waals surface area contributed by atoms with Crippen molar-refractivity contribution in [3.63, 3.8) is 0 Å². The number of aromatic nitrogens is 1. The quantitative estimate of drug-likeness (QED) is 0.287. The van der Waals surface area contributed by atoms with Crippen LogP contribution in [-0.2, 0) is 0 Å². The third kappa shape index (κ3) is 2.76. The average Bonchev–Trinajstić information content (AvgIpc) is 2.55. The van der Waals surface area contributed by atoms with Crippen molar-refractivity contribution in [3.05, 3.63) is 82.7 Å². The summed E-state index contributed by atoms with van der Waals surface area (Å²) in [5.41, 5.74) is 10.8. The molecule has 0 aliphatic heterocycles. The van der Waals surface area contributed by atoms with E-state index in [9.17, 15) is 0 Å². The van der Waals surface area contributed by atoms with Crippen LogP contribution in [0.2, 0.25) is 0 Å². The Kier molecular flexibility index (Phi) is 3.63. The summed E-state index contributed by atoms with van der Waals surface area (Å²) in [6.45, 7) is 0. The first-order valence-corrected chi connectivity index (χ1v) is 6.60. The Labute approximate surface area is 122 Å². The number of benzene rings is 2. The molecule has 3 rings (SSSR count). The van der Waals surface area contributed by atoms with E-state index in [4.69, 9.17) is 5.53 Å². The number of para-hydroxylation sites is 1. The van der Waals surface area contributed by atoms with Crippen LogP contribution in [0.1, 0.15) is 5.56 Å². The van der Waals surface area contributed by atoms with Crippen LogP contribution in [0.25, 0.3) is 33.6 Å². The second-order valence-electron chi connectivity index (χ2n) is 4.54. The predicted octanol–water partition coefficient (Wildman–Crippen LogP) is 4.70. The van der Waals surface area contributed by atoms with Crippen molar-refractivity contribution in [2.45, 2.75) is 0 Å². The van der Waals surface area contributed by atoms with Crippen LogP contribution >= 0.6 is 0 Å². The van der Waals surface area contributed by atoms with Crippen LogP contribution in [0.5, 0.6) is 0 Å². The molecular formula is C17H13N4+. The highest BCUT2D eigenvalue weighted by atomic mass is 15.2. The van der Waals surface area contributed by atoms with Crippen molar-refractivity contribution in [1.29, 1.82) is 0 Å². The molecule has 0 saturated carbocycles. The fraction of sp³-hybridized carbons (Fsp3) is 0. The zero-order chi connectivity index (χ0) is 14.5. The molecule has 100 valence electrons. The molecule has 4 heteroatoms. The molecule has 0 aliphatic carbocycles. The van der Waals surface area contributed by atoms with E-state index in [-0.39, 0.29) is 0 Å². The first-order valence-electron chi connectivity index (χ1n) is 6.60. The molecule has 0 bridgehead atoms. The summed E-state index contributed by atoms with van der Waals surface area (Å²) in [4.78, 5) is 2.90. The van der Waals surface area contributed by atoms with Crippen molar-refractivity contribution >= 4 is 29.0 Å². The van der Waals surface area contributed by atoms with E-state index in [0.29, 0.717) is 5.82 Å². The van der Waals surface area contributed by atoms with E-state index < -0.39 is 0 Å². The maximum absolute atomic E-state index is 8.72. The number of pyridine rings is 1. The Morgan fingerprint density at radius 1 is 0.905 bits per heavy atom. The molecule has 1 aromatic heterocycles. The molecule has 4 nitrogen and oxygen atoms in total. The predicted molar refractivity (Wildman–Crippen MR) is 84.6 cm³/mol. The van der Waals surface area contributed by atoms with Gasteiger partial charge in [0, 0.05) is 17.0 Å². The highest BCUT2D eigenvalue weighted by molar-refractivity contribution is 5.77. The van der Waals surface area contributed by atoms with Gasteiger partial charge in [-0.05, 0) is 23.8 Å². The molecule has 0 aliphatic rings. The molecule has 3 aromatic rings. The maximum Gasteiger partial charge on any atom is 0.421 e. The molecule has 0 unspecified atom stereocenters. The molecule has 0 N–H and O–H groups in total. The minimum absolute atomic E-state index is 0.559. The maximum atomic E-state index is 8.72. The van der Waals surface area contributed by atoms with Crippen molar-refractivity contribution < 1.29 is 4.57 Å². The Balaban J connectivity index is 2.17. The second-order valence-corrected chi connectivity index (χ2v) is 4.54. The lowest BCUT2D eigenvalue weighted by molar-refractivity contribution is -0.523. The highest BCUT2D eigenvalue weighted by Crippen LogP contribution is 2.16. The first-order chi connectivity index (χ1) is 10.4. The number of hydrogen-bond donors (Lipinski definition) is 0. The summed E-state index contributed by atoms with van der Waals surface area (Å²) < 4.78 is 1.89. The summed E-state index contributed by atoms with van der Waals surface area (Å²) >= 11 is 0. The van der Waals surface area contributed by atoms with Gasteiger partial charge in [-0.1, -0.05) is 48.5 Å². The van der Waals surface area contributed by atoms with Crippen LogP contribution in [0.3, 0.4) is 0 Å². The van der Waals surface area contributed by atoms with Crippen LogP contribution in [0.4, 0.5) is 5.82 Å². The van der Waals surface area contributed by atoms with Crippen LogP contribution < -0.4 is 4.57 Å². The number of hydrogen-bond acceptors (Lipinski definition) is 1. The molecular weight excluding hydrogens is 260 g/mol. The lowest BCUT2D eigenvalue weighted by Gasteiger charge is -1.99. The minimum Gasteiger partial charge on any atom is -0.189 e. The Morgan fingerprint density at radius 3 is 2.48 bits per heavy atom. The number of rotatable bonds is 3. The van der Waals surface area contributed by atoms with Crippen LogP contribution in [0, 0.1) is 0 Å². The fourth-order valence-corrected chi connectivity index (χ4v) is 2.22. The Morgan fingerprint density at radius 2 is 1.67 bits per heavy atom. The van der Waals surface area contributed by atoms with Gasteiger partial charge < -0.3 is 0 Å². The number of nitrogens with zero attached hydrogens (tertiary/aromatic N) is 4. The largest absolute Gasteiger partial charge is 0.421 e. The van der Waals surface area contributed by atoms with Gasteiger partial charge in [0.2, 0.25) is 4.91 Å². The van der Waals surface area contributed by atoms with E-state index in [1.165, 1.54) is 0 Å². The van der Waals surface area contributed by atoms with Gasteiger partial charge in [-0.2, -0.15) is 4.57 Å². The summed E-state index contributed by atoms with van der Waals surface area (Å²) in [6.07, 6.45) is 3.91. The fourth-order valence-electron chi connectivity index (χ4n) is 2.22. The van der Waals surface area contributed by atoms with Gasteiger partial charge in [0.05, 0.1) is 6.20 Å². The SMILES string of the molecule is [N-]=[N+]=Nc1ccc2ccccc2[n+]1C=Cc1ccccc1. The topological polar surface area (TPSA) is 52.6 Å². The van der Waals surface area contributed by atoms with Gasteiger partial charge in [0.1, 0.15) is 5.52 Å². The lowest BCUT2D eigenvalue weighted by Crippen LogP contribution is -2.27. The standard InChI is InChI=1S/C17H13N4/c18-20-19-17-11-10-15-8-4-5-9-16(15)21(17)13-12-14-6-2-1-3-7-14/h1-13H/q+1. The zero-order valence-corrected chi connectivity index (χ0v) is 11.3. The molecule has 0 radical (unpaired) electrons. The van der Waals surface area contributed by atoms with Gasteiger partial charge in [0.15, 0.2) is 0 Å². The van der Waals surface area contributed by atoms with E-state index >= 15 is 0 Å². The molecule has 0 spiro atoms. The molecule has 2 aromatic carbocycles. The van der Waals surface area contributed by atoms with Crippen LogP contribution in [0.15, 0.2) is 71.8 Å². The Hall–Kier alpha value is -3.10. The van der Waals surface area contributed by atoms with Crippen molar-refractivity contribution in [1.82, 2.24) is 0 Å². The number of fused-ring (bicyclic) bond motifs is 1. The monoisotopic (exact) mass is 273 g/mol. The third-order valence-corrected chi connectivity index (χ3v) is 3.22. The lowest BCUT2D eigenvalue weighted by atomic mass is 10.2. The molecule has 1 heterocycles. The van der Waals surface area contributed by atoms with Gasteiger partial charge in [-0.15, -0.1) is 0 Å². The third-order valence-electron chi connectivity index (χ3n) is 3.22. The summed E-state index contributed by atoms with van der Waals surface area (Å²) in [5, 5.41) is 4.85. The summed E-state index contributed by atoms with van der Waals surface area (Å²) in [5.74, 6) is 0.559. The second kappa shape index (κ2) is 5.90. The highest BCUT2D eigenvalue weighted by Gasteiger charge is 2.16.